The Kier molecular flexibility index (Phi) is 10.6. The Labute approximate surface area is 130 Å². The first-order valence-electron chi connectivity index (χ1n) is 5.58. The summed E-state index contributed by atoms with van der Waals surface area (Å²) >= 11 is 4.90. The molecule has 1 aromatic rings. The number of thioether (sulfide) groups is 1. The van der Waals surface area contributed by atoms with Crippen molar-refractivity contribution in [2.24, 2.45) is 5.73 Å². The normalized spacial score (nSPS) is 9.10. The topological polar surface area (TPSA) is 102 Å². The first-order valence-corrected chi connectivity index (χ1v) is 7.76. The van der Waals surface area contributed by atoms with Crippen LogP contribution in [0.3, 0.4) is 0 Å². The minimum Gasteiger partial charge on any atom is -0.465 e. The Balaban J connectivity index is 0.000000396. The number of rotatable bonds is 5. The van der Waals surface area contributed by atoms with Gasteiger partial charge in [-0.05, 0) is 24.0 Å². The third kappa shape index (κ3) is 11.7. The lowest BCUT2D eigenvalue weighted by Crippen LogP contribution is -2.19. The van der Waals surface area contributed by atoms with Gasteiger partial charge in [0.05, 0.1) is 0 Å². The molecule has 8 heteroatoms. The van der Waals surface area contributed by atoms with Gasteiger partial charge in [-0.2, -0.15) is 11.8 Å². The van der Waals surface area contributed by atoms with E-state index < -0.39 is 12.2 Å². The summed E-state index contributed by atoms with van der Waals surface area (Å²) in [5.41, 5.74) is 5.61. The maximum atomic E-state index is 10.1. The molecule has 1 aromatic carbocycles. The zero-order chi connectivity index (χ0) is 15.4. The molecule has 0 radical (unpaired) electrons. The van der Waals surface area contributed by atoms with Crippen LogP contribution in [0.5, 0.6) is 0 Å². The van der Waals surface area contributed by atoms with E-state index in [9.17, 15) is 9.59 Å². The molecule has 0 spiro atoms. The van der Waals surface area contributed by atoms with Gasteiger partial charge in [0, 0.05) is 16.8 Å². The number of nitrogens with one attached hydrogen (secondary N) is 1. The third-order valence-electron chi connectivity index (χ3n) is 1.89. The summed E-state index contributed by atoms with van der Waals surface area (Å²) in [5, 5.41) is 10.6. The maximum absolute atomic E-state index is 10.1. The van der Waals surface area contributed by atoms with Crippen molar-refractivity contribution in [1.82, 2.24) is 5.32 Å². The van der Waals surface area contributed by atoms with Crippen LogP contribution < -0.4 is 11.1 Å². The predicted molar refractivity (Wildman–Crippen MR) is 82.9 cm³/mol. The van der Waals surface area contributed by atoms with Crippen molar-refractivity contribution in [2.45, 2.75) is 6.54 Å². The number of ether oxygens (including phenoxy) is 1. The number of amides is 2. The number of benzene rings is 1. The quantitative estimate of drug-likeness (QED) is 0.697. The van der Waals surface area contributed by atoms with Gasteiger partial charge in [0.15, 0.2) is 0 Å². The van der Waals surface area contributed by atoms with E-state index in [-0.39, 0.29) is 0 Å². The van der Waals surface area contributed by atoms with Crippen molar-refractivity contribution in [3.05, 3.63) is 34.3 Å². The summed E-state index contributed by atoms with van der Waals surface area (Å²) < 4.78 is 5.39. The molecule has 0 heterocycles. The zero-order valence-corrected chi connectivity index (χ0v) is 13.4. The van der Waals surface area contributed by atoms with Gasteiger partial charge in [-0.15, -0.1) is 0 Å². The average Bonchev–Trinajstić information content (AvgIpc) is 2.39. The second kappa shape index (κ2) is 11.4. The van der Waals surface area contributed by atoms with Gasteiger partial charge in [0.25, 0.3) is 0 Å². The minimum absolute atomic E-state index is 0.350. The lowest BCUT2D eigenvalue weighted by molar-refractivity contribution is 0.164. The van der Waals surface area contributed by atoms with Gasteiger partial charge in [0.2, 0.25) is 0 Å². The average molecular weight is 365 g/mol. The van der Waals surface area contributed by atoms with Crippen molar-refractivity contribution in [2.75, 3.05) is 18.6 Å². The summed E-state index contributed by atoms with van der Waals surface area (Å²) in [7, 11) is 0. The third-order valence-corrected chi connectivity index (χ3v) is 2.99. The predicted octanol–water partition coefficient (Wildman–Crippen LogP) is 2.66. The largest absolute Gasteiger partial charge is 0.465 e. The lowest BCUT2D eigenvalue weighted by Gasteiger charge is -2.00. The molecule has 0 aliphatic heterocycles. The van der Waals surface area contributed by atoms with Crippen LogP contribution >= 0.6 is 27.7 Å². The smallest absolute Gasteiger partial charge is 0.404 e. The number of carbonyl (C=O) groups excluding carboxylic acids is 1. The van der Waals surface area contributed by atoms with E-state index in [0.717, 1.165) is 15.8 Å². The second-order valence-corrected chi connectivity index (χ2v) is 5.35. The molecule has 1 rings (SSSR count). The van der Waals surface area contributed by atoms with Crippen LogP contribution in [-0.2, 0) is 11.3 Å². The van der Waals surface area contributed by atoms with E-state index in [1.54, 1.807) is 11.8 Å². The summed E-state index contributed by atoms with van der Waals surface area (Å²) in [5.74, 6) is 0.808. The molecule has 2 amide bonds. The number of primary amides is 1. The van der Waals surface area contributed by atoms with Crippen LogP contribution in [0.25, 0.3) is 0 Å². The molecular formula is C12H17BrN2O4S. The van der Waals surface area contributed by atoms with Gasteiger partial charge >= 0.3 is 12.2 Å². The van der Waals surface area contributed by atoms with Crippen LogP contribution in [0, 0.1) is 0 Å². The number of hydrogen-bond donors (Lipinski definition) is 3. The summed E-state index contributed by atoms with van der Waals surface area (Å²) in [6.07, 6.45) is 0.238. The first kappa shape index (κ1) is 18.6. The molecule has 0 aromatic heterocycles. The van der Waals surface area contributed by atoms with E-state index in [1.165, 1.54) is 0 Å². The van der Waals surface area contributed by atoms with Crippen LogP contribution in [0.2, 0.25) is 0 Å². The maximum Gasteiger partial charge on any atom is 0.404 e. The van der Waals surface area contributed by atoms with E-state index in [1.807, 2.05) is 30.5 Å². The molecule has 0 saturated heterocycles. The number of halogens is 1. The van der Waals surface area contributed by atoms with Crippen molar-refractivity contribution >= 4 is 39.9 Å². The van der Waals surface area contributed by atoms with Crippen LogP contribution in [0.1, 0.15) is 5.56 Å². The van der Waals surface area contributed by atoms with E-state index in [0.29, 0.717) is 13.2 Å². The van der Waals surface area contributed by atoms with Crippen molar-refractivity contribution in [1.29, 1.82) is 0 Å². The minimum atomic E-state index is -1.00. The first-order chi connectivity index (χ1) is 9.45. The van der Waals surface area contributed by atoms with Gasteiger partial charge < -0.3 is 20.9 Å². The molecule has 0 atom stereocenters. The highest BCUT2D eigenvalue weighted by molar-refractivity contribution is 9.10. The van der Waals surface area contributed by atoms with Gasteiger partial charge in [-0.1, -0.05) is 28.1 Å². The summed E-state index contributed by atoms with van der Waals surface area (Å²) in [6.45, 7) is 0.763. The molecule has 6 nitrogen and oxygen atoms in total. The molecule has 0 fully saturated rings. The molecule has 4 N–H and O–H groups in total. The number of carboxylic acid groups (broad SMARTS) is 1. The fourth-order valence-corrected chi connectivity index (χ4v) is 1.52. The van der Waals surface area contributed by atoms with Crippen LogP contribution in [0.4, 0.5) is 9.59 Å². The molecular weight excluding hydrogens is 348 g/mol. The standard InChI is InChI=1S/C8H8BrNO2.C4H9NO2S/c9-7-3-1-6(2-4-7)5-10-8(11)12;1-8-3-2-7-4(5)6/h1-4,10H,5H2,(H,11,12);2-3H2,1H3,(H2,5,6). The Morgan fingerprint density at radius 1 is 1.40 bits per heavy atom. The summed E-state index contributed by atoms with van der Waals surface area (Å²) in [4.78, 5) is 20.0. The van der Waals surface area contributed by atoms with E-state index in [2.05, 4.69) is 31.7 Å². The molecule has 0 aliphatic carbocycles. The zero-order valence-electron chi connectivity index (χ0n) is 11.0. The van der Waals surface area contributed by atoms with Crippen LogP contribution in [0.15, 0.2) is 28.7 Å². The van der Waals surface area contributed by atoms with Crippen molar-refractivity contribution in [3.8, 4) is 0 Å². The molecule has 20 heavy (non-hydrogen) atoms. The van der Waals surface area contributed by atoms with Crippen LogP contribution in [-0.4, -0.2) is 35.9 Å². The van der Waals surface area contributed by atoms with Crippen molar-refractivity contribution < 1.29 is 19.4 Å². The molecule has 0 saturated carbocycles. The molecule has 112 valence electrons. The number of hydrogen-bond acceptors (Lipinski definition) is 4. The Hall–Kier alpha value is -1.41. The number of nitrogens with two attached hydrogens (primary N) is 1. The monoisotopic (exact) mass is 364 g/mol. The summed E-state index contributed by atoms with van der Waals surface area (Å²) in [6, 6.07) is 7.47. The van der Waals surface area contributed by atoms with E-state index in [4.69, 9.17) is 5.11 Å². The highest BCUT2D eigenvalue weighted by Crippen LogP contribution is 2.09. The SMILES string of the molecule is CSCCOC(N)=O.O=C(O)NCc1ccc(Br)cc1. The number of carbonyl (C=O) groups is 2. The van der Waals surface area contributed by atoms with Gasteiger partial charge in [-0.25, -0.2) is 9.59 Å². The Morgan fingerprint density at radius 2 is 2.00 bits per heavy atom. The van der Waals surface area contributed by atoms with Gasteiger partial charge in [0.1, 0.15) is 6.61 Å². The fraction of sp³-hybridized carbons (Fsp3) is 0.333. The molecule has 0 bridgehead atoms. The highest BCUT2D eigenvalue weighted by atomic mass is 79.9. The fourth-order valence-electron chi connectivity index (χ4n) is 1.01. The Bertz CT molecular complexity index is 414. The van der Waals surface area contributed by atoms with Gasteiger partial charge in [-0.3, -0.25) is 0 Å². The molecule has 0 aliphatic rings. The van der Waals surface area contributed by atoms with E-state index >= 15 is 0 Å². The second-order valence-electron chi connectivity index (χ2n) is 3.45. The lowest BCUT2D eigenvalue weighted by atomic mass is 10.2. The molecule has 0 unspecified atom stereocenters. The highest BCUT2D eigenvalue weighted by Gasteiger charge is 1.95. The van der Waals surface area contributed by atoms with Crippen molar-refractivity contribution in [3.63, 3.8) is 0 Å². The Morgan fingerprint density at radius 3 is 2.45 bits per heavy atom.